The van der Waals surface area contributed by atoms with Crippen LogP contribution in [-0.4, -0.2) is 58.8 Å². The van der Waals surface area contributed by atoms with Crippen LogP contribution in [0.5, 0.6) is 17.4 Å². The Kier molecular flexibility index (Phi) is 8.00. The van der Waals surface area contributed by atoms with Crippen LogP contribution in [0.4, 0.5) is 0 Å². The second-order valence-corrected chi connectivity index (χ2v) is 8.54. The molecule has 1 atom stereocenters. The predicted molar refractivity (Wildman–Crippen MR) is 132 cm³/mol. The Morgan fingerprint density at radius 3 is 2.50 bits per heavy atom. The van der Waals surface area contributed by atoms with E-state index in [1.54, 1.807) is 17.9 Å². The third-order valence-corrected chi connectivity index (χ3v) is 5.82. The van der Waals surface area contributed by atoms with Gasteiger partial charge in [0.15, 0.2) is 0 Å². The van der Waals surface area contributed by atoms with E-state index >= 15 is 0 Å². The maximum absolute atomic E-state index is 10.6. The minimum Gasteiger partial charge on any atom is -0.497 e. The summed E-state index contributed by atoms with van der Waals surface area (Å²) in [4.78, 5) is 2.31. The van der Waals surface area contributed by atoms with Crippen LogP contribution in [0.1, 0.15) is 18.4 Å². The van der Waals surface area contributed by atoms with Crippen molar-refractivity contribution in [3.05, 3.63) is 72.8 Å². The summed E-state index contributed by atoms with van der Waals surface area (Å²) < 4.78 is 18.9. The van der Waals surface area contributed by atoms with Gasteiger partial charge >= 0.3 is 0 Å². The number of aliphatic hydroxyl groups excluding tert-OH is 1. The van der Waals surface area contributed by atoms with Crippen LogP contribution >= 0.6 is 0 Å². The maximum atomic E-state index is 10.6. The van der Waals surface area contributed by atoms with Crippen molar-refractivity contribution in [2.45, 2.75) is 31.5 Å². The zero-order chi connectivity index (χ0) is 23.9. The highest BCUT2D eigenvalue weighted by Gasteiger charge is 2.33. The summed E-state index contributed by atoms with van der Waals surface area (Å²) in [6, 6.07) is 18.1. The van der Waals surface area contributed by atoms with Crippen LogP contribution < -0.4 is 9.47 Å². The zero-order valence-electron chi connectivity index (χ0n) is 19.9. The zero-order valence-corrected chi connectivity index (χ0v) is 19.9. The van der Waals surface area contributed by atoms with Crippen molar-refractivity contribution in [2.75, 3.05) is 26.9 Å². The molecule has 0 radical (unpaired) electrons. The molecule has 0 aliphatic heterocycles. The van der Waals surface area contributed by atoms with Crippen LogP contribution in [0.15, 0.2) is 67.3 Å². The number of aromatic nitrogens is 2. The molecule has 0 bridgehead atoms. The molecule has 1 N–H and O–H groups in total. The van der Waals surface area contributed by atoms with Crippen molar-refractivity contribution in [1.82, 2.24) is 14.7 Å². The van der Waals surface area contributed by atoms with Crippen LogP contribution in [-0.2, 0) is 18.3 Å². The highest BCUT2D eigenvalue weighted by Crippen LogP contribution is 2.37. The number of nitrogens with zero attached hydrogens (tertiary/aromatic N) is 3. The van der Waals surface area contributed by atoms with E-state index in [2.05, 4.69) is 23.6 Å². The summed E-state index contributed by atoms with van der Waals surface area (Å²) in [6.45, 7) is 5.51. The van der Waals surface area contributed by atoms with Crippen molar-refractivity contribution in [3.63, 3.8) is 0 Å². The second kappa shape index (κ2) is 11.3. The van der Waals surface area contributed by atoms with Crippen molar-refractivity contribution >= 4 is 0 Å². The summed E-state index contributed by atoms with van der Waals surface area (Å²) in [7, 11) is 3.54. The van der Waals surface area contributed by atoms with Crippen LogP contribution in [0.25, 0.3) is 11.3 Å². The highest BCUT2D eigenvalue weighted by molar-refractivity contribution is 5.65. The van der Waals surface area contributed by atoms with Gasteiger partial charge in [-0.15, -0.1) is 6.58 Å². The van der Waals surface area contributed by atoms with Gasteiger partial charge in [-0.2, -0.15) is 5.10 Å². The lowest BCUT2D eigenvalue weighted by Crippen LogP contribution is -2.36. The molecule has 0 saturated heterocycles. The van der Waals surface area contributed by atoms with Crippen molar-refractivity contribution < 1.29 is 19.3 Å². The van der Waals surface area contributed by atoms with E-state index in [4.69, 9.17) is 19.3 Å². The Bertz CT molecular complexity index is 1060. The van der Waals surface area contributed by atoms with Crippen molar-refractivity contribution in [2.24, 2.45) is 7.05 Å². The molecule has 7 nitrogen and oxygen atoms in total. The second-order valence-electron chi connectivity index (χ2n) is 8.54. The average molecular weight is 464 g/mol. The Morgan fingerprint density at radius 1 is 1.15 bits per heavy atom. The van der Waals surface area contributed by atoms with Crippen molar-refractivity contribution in [3.8, 4) is 28.6 Å². The molecule has 1 aliphatic carbocycles. The molecule has 7 heteroatoms. The Morgan fingerprint density at radius 2 is 1.85 bits per heavy atom. The van der Waals surface area contributed by atoms with E-state index in [0.29, 0.717) is 37.4 Å². The third-order valence-electron chi connectivity index (χ3n) is 5.82. The number of hydrogen-bond acceptors (Lipinski definition) is 6. The number of aryl methyl sites for hydroxylation is 1. The smallest absolute Gasteiger partial charge is 0.222 e. The van der Waals surface area contributed by atoms with Gasteiger partial charge in [-0.1, -0.05) is 36.4 Å². The quantitative estimate of drug-likeness (QED) is 0.299. The lowest BCUT2D eigenvalue weighted by molar-refractivity contribution is 0.0227. The molecule has 3 aromatic rings. The van der Waals surface area contributed by atoms with Crippen LogP contribution in [0, 0.1) is 0 Å². The van der Waals surface area contributed by atoms with E-state index in [-0.39, 0.29) is 6.61 Å². The number of ether oxygens (including phenoxy) is 3. The first-order valence-electron chi connectivity index (χ1n) is 11.6. The molecular weight excluding hydrogens is 430 g/mol. The summed E-state index contributed by atoms with van der Waals surface area (Å²) >= 11 is 0. The third kappa shape index (κ3) is 6.05. The molecule has 180 valence electrons. The van der Waals surface area contributed by atoms with Gasteiger partial charge in [0.05, 0.1) is 32.0 Å². The largest absolute Gasteiger partial charge is 0.497 e. The minimum atomic E-state index is -0.580. The van der Waals surface area contributed by atoms with E-state index in [1.165, 1.54) is 0 Å². The molecule has 1 unspecified atom stereocenters. The molecule has 1 aliphatic rings. The van der Waals surface area contributed by atoms with Gasteiger partial charge in [0.25, 0.3) is 0 Å². The standard InChI is InChI=1S/C27H33N3O4/c1-4-16-33-19-22(31)17-30(21-10-11-21)18-25-26(20-8-6-5-7-9-20)28-29(2)27(25)34-24-14-12-23(32-3)13-15-24/h4-9,12-15,21-22,31H,1,10-11,16-19H2,2-3H3. The first-order valence-corrected chi connectivity index (χ1v) is 11.6. The first kappa shape index (κ1) is 24.0. The summed E-state index contributed by atoms with van der Waals surface area (Å²) in [5.74, 6) is 2.17. The van der Waals surface area contributed by atoms with Crippen molar-refractivity contribution in [1.29, 1.82) is 0 Å². The van der Waals surface area contributed by atoms with Crippen LogP contribution in [0.2, 0.25) is 0 Å². The Hall–Kier alpha value is -3.13. The number of aliphatic hydroxyl groups is 1. The van der Waals surface area contributed by atoms with Gasteiger partial charge in [-0.25, -0.2) is 4.68 Å². The predicted octanol–water partition coefficient (Wildman–Crippen LogP) is 4.42. The average Bonchev–Trinajstić information content (AvgIpc) is 3.66. The Balaban J connectivity index is 1.63. The van der Waals surface area contributed by atoms with Gasteiger partial charge in [-0.3, -0.25) is 4.90 Å². The Labute approximate surface area is 201 Å². The highest BCUT2D eigenvalue weighted by atomic mass is 16.5. The molecule has 1 aromatic heterocycles. The van der Waals surface area contributed by atoms with E-state index in [0.717, 1.165) is 35.4 Å². The fraction of sp³-hybridized carbons (Fsp3) is 0.370. The van der Waals surface area contributed by atoms with Gasteiger partial charge in [0.2, 0.25) is 5.88 Å². The molecular formula is C27H33N3O4. The summed E-state index contributed by atoms with van der Waals surface area (Å²) in [5.41, 5.74) is 2.91. The summed E-state index contributed by atoms with van der Waals surface area (Å²) in [5, 5.41) is 15.4. The van der Waals surface area contributed by atoms with E-state index < -0.39 is 6.10 Å². The molecule has 2 aromatic carbocycles. The number of rotatable bonds is 13. The monoisotopic (exact) mass is 463 g/mol. The van der Waals surface area contributed by atoms with E-state index in [1.807, 2.05) is 49.5 Å². The fourth-order valence-corrected chi connectivity index (χ4v) is 4.00. The molecule has 4 rings (SSSR count). The van der Waals surface area contributed by atoms with Gasteiger partial charge in [0.1, 0.15) is 17.2 Å². The van der Waals surface area contributed by atoms with Gasteiger partial charge in [-0.05, 0) is 37.1 Å². The van der Waals surface area contributed by atoms with Gasteiger partial charge < -0.3 is 19.3 Å². The SMILES string of the molecule is C=CCOCC(O)CN(Cc1c(-c2ccccc2)nn(C)c1Oc1ccc(OC)cc1)C1CC1. The summed E-state index contributed by atoms with van der Waals surface area (Å²) in [6.07, 6.45) is 3.35. The van der Waals surface area contributed by atoms with Crippen LogP contribution in [0.3, 0.4) is 0 Å². The number of hydrogen-bond donors (Lipinski definition) is 1. The number of methoxy groups -OCH3 is 1. The maximum Gasteiger partial charge on any atom is 0.222 e. The lowest BCUT2D eigenvalue weighted by atomic mass is 10.1. The van der Waals surface area contributed by atoms with E-state index in [9.17, 15) is 5.11 Å². The lowest BCUT2D eigenvalue weighted by Gasteiger charge is -2.25. The molecule has 1 saturated carbocycles. The topological polar surface area (TPSA) is 69.0 Å². The molecule has 0 spiro atoms. The molecule has 1 fully saturated rings. The molecule has 1 heterocycles. The first-order chi connectivity index (χ1) is 16.6. The number of benzene rings is 2. The van der Waals surface area contributed by atoms with Gasteiger partial charge in [0, 0.05) is 31.7 Å². The fourth-order valence-electron chi connectivity index (χ4n) is 4.00. The molecule has 34 heavy (non-hydrogen) atoms. The molecule has 0 amide bonds. The normalized spacial score (nSPS) is 14.2. The minimum absolute atomic E-state index is 0.281.